The van der Waals surface area contributed by atoms with E-state index in [0.29, 0.717) is 17.8 Å². The number of carbonyl (C=O) groups excluding carboxylic acids is 1. The number of pyridine rings is 1. The predicted octanol–water partition coefficient (Wildman–Crippen LogP) is 2.23. The molecule has 1 aliphatic heterocycles. The first-order chi connectivity index (χ1) is 9.50. The summed E-state index contributed by atoms with van der Waals surface area (Å²) in [6, 6.07) is 1.53. The van der Waals surface area contributed by atoms with E-state index in [1.54, 1.807) is 6.20 Å². The van der Waals surface area contributed by atoms with Crippen LogP contribution in [-0.4, -0.2) is 21.2 Å². The van der Waals surface area contributed by atoms with Crippen LogP contribution in [0.3, 0.4) is 0 Å². The summed E-state index contributed by atoms with van der Waals surface area (Å²) in [6.45, 7) is 5.15. The Balaban J connectivity index is 2.07. The van der Waals surface area contributed by atoms with Gasteiger partial charge in [0.2, 0.25) is 6.41 Å². The standard InChI is InChI=1S/C14H15FN4O/c1-14(2)4-12-10(5-18-19(12)7-14)9-3-13(17-8-20)16-6-11(9)15/h3,5-6,8H,4,7H2,1-2H3,(H,16,17,20). The Kier molecular flexibility index (Phi) is 2.81. The minimum atomic E-state index is -0.415. The van der Waals surface area contributed by atoms with Crippen molar-refractivity contribution in [2.45, 2.75) is 26.8 Å². The molecule has 0 aromatic carbocycles. The van der Waals surface area contributed by atoms with Crippen molar-refractivity contribution in [1.82, 2.24) is 14.8 Å². The van der Waals surface area contributed by atoms with Crippen molar-refractivity contribution in [2.24, 2.45) is 5.41 Å². The maximum absolute atomic E-state index is 14.0. The normalized spacial score (nSPS) is 15.9. The first-order valence-electron chi connectivity index (χ1n) is 6.41. The van der Waals surface area contributed by atoms with Crippen molar-refractivity contribution >= 4 is 12.2 Å². The van der Waals surface area contributed by atoms with Crippen molar-refractivity contribution in [3.05, 3.63) is 30.0 Å². The fourth-order valence-electron chi connectivity index (χ4n) is 2.66. The number of carbonyl (C=O) groups is 1. The third-order valence-corrected chi connectivity index (χ3v) is 3.52. The van der Waals surface area contributed by atoms with E-state index in [1.807, 2.05) is 4.68 Å². The van der Waals surface area contributed by atoms with Gasteiger partial charge in [-0.05, 0) is 17.9 Å². The van der Waals surface area contributed by atoms with Crippen molar-refractivity contribution in [3.63, 3.8) is 0 Å². The summed E-state index contributed by atoms with van der Waals surface area (Å²) in [5.41, 5.74) is 2.34. The van der Waals surface area contributed by atoms with Crippen molar-refractivity contribution < 1.29 is 9.18 Å². The van der Waals surface area contributed by atoms with Gasteiger partial charge in [0.25, 0.3) is 0 Å². The van der Waals surface area contributed by atoms with Gasteiger partial charge in [0, 0.05) is 23.4 Å². The molecule has 0 radical (unpaired) electrons. The molecule has 3 rings (SSSR count). The number of anilines is 1. The third kappa shape index (κ3) is 2.07. The van der Waals surface area contributed by atoms with Gasteiger partial charge in [0.05, 0.1) is 12.4 Å². The Hall–Kier alpha value is -2.24. The van der Waals surface area contributed by atoms with Gasteiger partial charge in [0.1, 0.15) is 11.6 Å². The molecule has 1 N–H and O–H groups in total. The smallest absolute Gasteiger partial charge is 0.212 e. The number of rotatable bonds is 3. The maximum Gasteiger partial charge on any atom is 0.212 e. The van der Waals surface area contributed by atoms with E-state index < -0.39 is 5.82 Å². The molecule has 1 amide bonds. The quantitative estimate of drug-likeness (QED) is 0.873. The molecule has 0 saturated heterocycles. The van der Waals surface area contributed by atoms with Gasteiger partial charge in [-0.15, -0.1) is 0 Å². The lowest BCUT2D eigenvalue weighted by molar-refractivity contribution is -0.105. The SMILES string of the molecule is CC1(C)Cc2c(-c3cc(NC=O)ncc3F)cnn2C1. The van der Waals surface area contributed by atoms with Crippen LogP contribution in [0.5, 0.6) is 0 Å². The largest absolute Gasteiger partial charge is 0.313 e. The molecule has 0 atom stereocenters. The van der Waals surface area contributed by atoms with Gasteiger partial charge in [-0.25, -0.2) is 9.37 Å². The number of fused-ring (bicyclic) bond motifs is 1. The van der Waals surface area contributed by atoms with E-state index in [-0.39, 0.29) is 5.41 Å². The van der Waals surface area contributed by atoms with E-state index in [9.17, 15) is 9.18 Å². The Bertz CT molecular complexity index is 678. The van der Waals surface area contributed by atoms with Crippen LogP contribution in [0.25, 0.3) is 11.1 Å². The second-order valence-corrected chi connectivity index (χ2v) is 5.82. The molecule has 5 nitrogen and oxygen atoms in total. The molecule has 0 aliphatic carbocycles. The molecule has 20 heavy (non-hydrogen) atoms. The molecular weight excluding hydrogens is 259 g/mol. The van der Waals surface area contributed by atoms with E-state index in [0.717, 1.165) is 30.4 Å². The highest BCUT2D eigenvalue weighted by molar-refractivity contribution is 5.74. The van der Waals surface area contributed by atoms with Gasteiger partial charge in [-0.2, -0.15) is 5.10 Å². The van der Waals surface area contributed by atoms with Gasteiger partial charge in [0.15, 0.2) is 0 Å². The number of halogens is 1. The van der Waals surface area contributed by atoms with Crippen molar-refractivity contribution in [1.29, 1.82) is 0 Å². The Morgan fingerprint density at radius 1 is 1.40 bits per heavy atom. The average Bonchev–Trinajstić information content (AvgIpc) is 2.87. The highest BCUT2D eigenvalue weighted by Crippen LogP contribution is 2.37. The monoisotopic (exact) mass is 274 g/mol. The Labute approximate surface area is 115 Å². The molecule has 0 spiro atoms. The van der Waals surface area contributed by atoms with E-state index in [2.05, 4.69) is 29.2 Å². The lowest BCUT2D eigenvalue weighted by Gasteiger charge is -2.14. The van der Waals surface area contributed by atoms with Gasteiger partial charge in [-0.1, -0.05) is 13.8 Å². The van der Waals surface area contributed by atoms with Crippen molar-refractivity contribution in [3.8, 4) is 11.1 Å². The lowest BCUT2D eigenvalue weighted by atomic mass is 9.89. The van der Waals surface area contributed by atoms with Crippen LogP contribution in [0.4, 0.5) is 10.2 Å². The van der Waals surface area contributed by atoms with Crippen LogP contribution in [0.15, 0.2) is 18.5 Å². The topological polar surface area (TPSA) is 59.8 Å². The molecule has 0 saturated carbocycles. The number of hydrogen-bond acceptors (Lipinski definition) is 3. The summed E-state index contributed by atoms with van der Waals surface area (Å²) in [5, 5.41) is 6.76. The second kappa shape index (κ2) is 4.40. The average molecular weight is 274 g/mol. The maximum atomic E-state index is 14.0. The van der Waals surface area contributed by atoms with E-state index >= 15 is 0 Å². The van der Waals surface area contributed by atoms with Gasteiger partial charge >= 0.3 is 0 Å². The summed E-state index contributed by atoms with van der Waals surface area (Å²) >= 11 is 0. The van der Waals surface area contributed by atoms with Crippen LogP contribution in [0.2, 0.25) is 0 Å². The minimum absolute atomic E-state index is 0.131. The molecule has 1 aliphatic rings. The fourth-order valence-corrected chi connectivity index (χ4v) is 2.66. The highest BCUT2D eigenvalue weighted by atomic mass is 19.1. The second-order valence-electron chi connectivity index (χ2n) is 5.82. The molecule has 2 aromatic heterocycles. The first kappa shape index (κ1) is 12.8. The molecule has 0 fully saturated rings. The zero-order chi connectivity index (χ0) is 14.3. The van der Waals surface area contributed by atoms with Crippen molar-refractivity contribution in [2.75, 3.05) is 5.32 Å². The molecule has 2 aromatic rings. The van der Waals surface area contributed by atoms with Gasteiger partial charge < -0.3 is 5.32 Å². The summed E-state index contributed by atoms with van der Waals surface area (Å²) in [5.74, 6) is -0.0874. The zero-order valence-electron chi connectivity index (χ0n) is 11.4. The minimum Gasteiger partial charge on any atom is -0.313 e. The summed E-state index contributed by atoms with van der Waals surface area (Å²) in [7, 11) is 0. The molecular formula is C14H15FN4O. The van der Waals surface area contributed by atoms with E-state index in [1.165, 1.54) is 6.07 Å². The summed E-state index contributed by atoms with van der Waals surface area (Å²) < 4.78 is 15.9. The Morgan fingerprint density at radius 2 is 2.20 bits per heavy atom. The molecule has 0 unspecified atom stereocenters. The van der Waals surface area contributed by atoms with Crippen LogP contribution >= 0.6 is 0 Å². The zero-order valence-corrected chi connectivity index (χ0v) is 11.4. The predicted molar refractivity (Wildman–Crippen MR) is 72.6 cm³/mol. The number of nitrogens with zero attached hydrogens (tertiary/aromatic N) is 3. The number of hydrogen-bond donors (Lipinski definition) is 1. The van der Waals surface area contributed by atoms with Crippen LogP contribution < -0.4 is 5.32 Å². The Morgan fingerprint density at radius 3 is 2.95 bits per heavy atom. The summed E-state index contributed by atoms with van der Waals surface area (Å²) in [6.07, 6.45) is 4.16. The van der Waals surface area contributed by atoms with Crippen LogP contribution in [-0.2, 0) is 17.8 Å². The van der Waals surface area contributed by atoms with Gasteiger partial charge in [-0.3, -0.25) is 9.48 Å². The third-order valence-electron chi connectivity index (χ3n) is 3.52. The van der Waals surface area contributed by atoms with E-state index in [4.69, 9.17) is 0 Å². The molecule has 0 bridgehead atoms. The fraction of sp³-hybridized carbons (Fsp3) is 0.357. The molecule has 104 valence electrons. The van der Waals surface area contributed by atoms with Crippen LogP contribution in [0, 0.1) is 11.2 Å². The molecule has 3 heterocycles. The number of amides is 1. The molecule has 6 heteroatoms. The lowest BCUT2D eigenvalue weighted by Crippen LogP contribution is -2.12. The number of aromatic nitrogens is 3. The summed E-state index contributed by atoms with van der Waals surface area (Å²) in [4.78, 5) is 14.3. The number of nitrogens with one attached hydrogen (secondary N) is 1. The highest BCUT2D eigenvalue weighted by Gasteiger charge is 2.32. The van der Waals surface area contributed by atoms with Crippen LogP contribution in [0.1, 0.15) is 19.5 Å². The first-order valence-corrected chi connectivity index (χ1v) is 6.41.